The molecular formula is C34H27NO4S. The van der Waals surface area contributed by atoms with Crippen LogP contribution in [0.25, 0.3) is 22.3 Å². The average molecular weight is 546 g/mol. The molecule has 1 aliphatic carbocycles. The lowest BCUT2D eigenvalue weighted by atomic mass is 10.0. The molecule has 198 valence electrons. The lowest BCUT2D eigenvalue weighted by molar-refractivity contribution is 0.0980. The Morgan fingerprint density at radius 1 is 0.650 bits per heavy atom. The zero-order valence-corrected chi connectivity index (χ0v) is 22.5. The van der Waals surface area contributed by atoms with E-state index in [1.54, 1.807) is 36.4 Å². The van der Waals surface area contributed by atoms with Gasteiger partial charge < -0.3 is 4.74 Å². The summed E-state index contributed by atoms with van der Waals surface area (Å²) >= 11 is 0. The molecule has 0 aromatic heterocycles. The summed E-state index contributed by atoms with van der Waals surface area (Å²) in [4.78, 5) is 12.8. The van der Waals surface area contributed by atoms with Crippen molar-refractivity contribution in [1.82, 2.24) is 4.72 Å². The van der Waals surface area contributed by atoms with Crippen molar-refractivity contribution < 1.29 is 17.9 Å². The van der Waals surface area contributed by atoms with Crippen molar-refractivity contribution in [3.05, 3.63) is 149 Å². The lowest BCUT2D eigenvalue weighted by Gasteiger charge is -2.10. The molecule has 5 nitrogen and oxygen atoms in total. The maximum atomic E-state index is 13.0. The number of hydrogen-bond donors (Lipinski definition) is 1. The number of carbonyl (C=O) groups is 1. The second-order valence-corrected chi connectivity index (χ2v) is 11.5. The molecule has 0 atom stereocenters. The molecule has 0 fully saturated rings. The summed E-state index contributed by atoms with van der Waals surface area (Å²) < 4.78 is 34.0. The van der Waals surface area contributed by atoms with Gasteiger partial charge >= 0.3 is 0 Å². The molecule has 1 amide bonds. The molecule has 0 saturated carbocycles. The van der Waals surface area contributed by atoms with Gasteiger partial charge in [-0.25, -0.2) is 13.1 Å². The number of fused-ring (bicyclic) bond motifs is 3. The molecule has 0 heterocycles. The highest BCUT2D eigenvalue weighted by Crippen LogP contribution is 2.37. The molecule has 6 heteroatoms. The van der Waals surface area contributed by atoms with E-state index >= 15 is 0 Å². The Hall–Kier alpha value is -4.52. The third-order valence-corrected chi connectivity index (χ3v) is 8.45. The van der Waals surface area contributed by atoms with Gasteiger partial charge in [-0.2, -0.15) is 0 Å². The van der Waals surface area contributed by atoms with E-state index in [9.17, 15) is 13.2 Å². The molecular weight excluding hydrogens is 518 g/mol. The Morgan fingerprint density at radius 2 is 1.25 bits per heavy atom. The minimum Gasteiger partial charge on any atom is -0.372 e. The Labute approximate surface area is 234 Å². The van der Waals surface area contributed by atoms with Crippen molar-refractivity contribution in [2.24, 2.45) is 0 Å². The Bertz CT molecular complexity index is 1780. The highest BCUT2D eigenvalue weighted by molar-refractivity contribution is 7.90. The van der Waals surface area contributed by atoms with Crippen LogP contribution in [0.5, 0.6) is 0 Å². The molecule has 0 saturated heterocycles. The van der Waals surface area contributed by atoms with Gasteiger partial charge in [0.05, 0.1) is 18.1 Å². The number of rotatable bonds is 8. The van der Waals surface area contributed by atoms with E-state index in [2.05, 4.69) is 41.1 Å². The Balaban J connectivity index is 1.04. The van der Waals surface area contributed by atoms with Crippen LogP contribution in [0, 0.1) is 0 Å². The van der Waals surface area contributed by atoms with Crippen LogP contribution >= 0.6 is 0 Å². The summed E-state index contributed by atoms with van der Waals surface area (Å²) in [5.41, 5.74) is 8.80. The lowest BCUT2D eigenvalue weighted by Crippen LogP contribution is -2.30. The summed E-state index contributed by atoms with van der Waals surface area (Å²) in [6.07, 6.45) is 0.672. The minimum absolute atomic E-state index is 0.0780. The normalized spacial score (nSPS) is 12.0. The fraction of sp³-hybridized carbons (Fsp3) is 0.0882. The zero-order chi connectivity index (χ0) is 27.5. The maximum Gasteiger partial charge on any atom is 0.264 e. The Kier molecular flexibility index (Phi) is 7.03. The van der Waals surface area contributed by atoms with Crippen molar-refractivity contribution in [2.75, 3.05) is 0 Å². The van der Waals surface area contributed by atoms with Gasteiger partial charge in [0.1, 0.15) is 0 Å². The number of carbonyl (C=O) groups excluding carboxylic acids is 1. The minimum atomic E-state index is -4.02. The highest BCUT2D eigenvalue weighted by Gasteiger charge is 2.23. The third-order valence-electron chi connectivity index (χ3n) is 7.12. The van der Waals surface area contributed by atoms with Crippen LogP contribution in [-0.2, 0) is 34.4 Å². The van der Waals surface area contributed by atoms with Crippen LogP contribution in [-0.4, -0.2) is 14.3 Å². The molecule has 0 unspecified atom stereocenters. The van der Waals surface area contributed by atoms with Gasteiger partial charge in [-0.3, -0.25) is 4.79 Å². The molecule has 1 N–H and O–H groups in total. The smallest absolute Gasteiger partial charge is 0.264 e. The number of hydrogen-bond acceptors (Lipinski definition) is 4. The standard InChI is InChI=1S/C34H27NO4S/c36-34(35-40(37,38)31-18-19-33-30(21-31)20-29-8-4-5-9-32(29)33)28-16-12-25(13-17-28)23-39-22-24-10-14-27(15-11-24)26-6-2-1-3-7-26/h1-19,21H,20,22-23H2,(H,35,36). The number of ether oxygens (including phenoxy) is 1. The topological polar surface area (TPSA) is 72.5 Å². The van der Waals surface area contributed by atoms with Crippen molar-refractivity contribution >= 4 is 15.9 Å². The second kappa shape index (κ2) is 10.9. The fourth-order valence-corrected chi connectivity index (χ4v) is 6.02. The summed E-state index contributed by atoms with van der Waals surface area (Å²) in [6.45, 7) is 0.833. The number of benzene rings is 5. The first-order valence-electron chi connectivity index (χ1n) is 13.1. The molecule has 0 aliphatic heterocycles. The van der Waals surface area contributed by atoms with Gasteiger partial charge in [0.15, 0.2) is 0 Å². The molecule has 5 aromatic carbocycles. The van der Waals surface area contributed by atoms with E-state index in [0.717, 1.165) is 33.4 Å². The van der Waals surface area contributed by atoms with E-state index in [1.807, 2.05) is 48.5 Å². The van der Waals surface area contributed by atoms with Crippen LogP contribution in [0.15, 0.2) is 126 Å². The predicted octanol–water partition coefficient (Wildman–Crippen LogP) is 6.76. The molecule has 5 aromatic rings. The first-order chi connectivity index (χ1) is 19.5. The van der Waals surface area contributed by atoms with E-state index in [1.165, 1.54) is 11.1 Å². The summed E-state index contributed by atoms with van der Waals surface area (Å²) in [6, 6.07) is 38.3. The van der Waals surface area contributed by atoms with Crippen LogP contribution < -0.4 is 4.72 Å². The molecule has 0 spiro atoms. The Morgan fingerprint density at radius 3 is 1.98 bits per heavy atom. The van der Waals surface area contributed by atoms with E-state index in [-0.39, 0.29) is 10.5 Å². The van der Waals surface area contributed by atoms with Gasteiger partial charge in [-0.05, 0) is 75.2 Å². The average Bonchev–Trinajstić information content (AvgIpc) is 3.36. The van der Waals surface area contributed by atoms with Crippen molar-refractivity contribution in [2.45, 2.75) is 24.5 Å². The molecule has 0 bridgehead atoms. The monoisotopic (exact) mass is 545 g/mol. The first kappa shape index (κ1) is 25.7. The number of amides is 1. The van der Waals surface area contributed by atoms with Crippen molar-refractivity contribution in [1.29, 1.82) is 0 Å². The van der Waals surface area contributed by atoms with Crippen LogP contribution in [0.3, 0.4) is 0 Å². The van der Waals surface area contributed by atoms with E-state index in [4.69, 9.17) is 4.74 Å². The summed E-state index contributed by atoms with van der Waals surface area (Å²) in [7, 11) is -4.02. The highest BCUT2D eigenvalue weighted by atomic mass is 32.2. The van der Waals surface area contributed by atoms with Gasteiger partial charge in [-0.15, -0.1) is 0 Å². The molecule has 40 heavy (non-hydrogen) atoms. The maximum absolute atomic E-state index is 13.0. The predicted molar refractivity (Wildman–Crippen MR) is 156 cm³/mol. The first-order valence-corrected chi connectivity index (χ1v) is 14.5. The second-order valence-electron chi connectivity index (χ2n) is 9.84. The van der Waals surface area contributed by atoms with E-state index < -0.39 is 15.9 Å². The SMILES string of the molecule is O=C(NS(=O)(=O)c1ccc2c(c1)Cc1ccccc1-2)c1ccc(COCc2ccc(-c3ccccc3)cc2)cc1. The zero-order valence-electron chi connectivity index (χ0n) is 21.7. The molecule has 1 aliphatic rings. The van der Waals surface area contributed by atoms with Crippen LogP contribution in [0.2, 0.25) is 0 Å². The van der Waals surface area contributed by atoms with E-state index in [0.29, 0.717) is 19.6 Å². The molecule has 0 radical (unpaired) electrons. The van der Waals surface area contributed by atoms with Gasteiger partial charge in [0.25, 0.3) is 15.9 Å². The third kappa shape index (κ3) is 5.45. The van der Waals surface area contributed by atoms with Gasteiger partial charge in [-0.1, -0.05) is 97.1 Å². The van der Waals surface area contributed by atoms with Crippen LogP contribution in [0.4, 0.5) is 0 Å². The van der Waals surface area contributed by atoms with Crippen LogP contribution in [0.1, 0.15) is 32.6 Å². The summed E-state index contributed by atoms with van der Waals surface area (Å²) in [5.74, 6) is -0.672. The van der Waals surface area contributed by atoms with Crippen molar-refractivity contribution in [3.8, 4) is 22.3 Å². The van der Waals surface area contributed by atoms with Crippen molar-refractivity contribution in [3.63, 3.8) is 0 Å². The van der Waals surface area contributed by atoms with Gasteiger partial charge in [0.2, 0.25) is 0 Å². The number of nitrogens with one attached hydrogen (secondary N) is 1. The molecule has 6 rings (SSSR count). The fourth-order valence-electron chi connectivity index (χ4n) is 4.99. The number of sulfonamides is 1. The van der Waals surface area contributed by atoms with Gasteiger partial charge in [0, 0.05) is 5.56 Å². The largest absolute Gasteiger partial charge is 0.372 e. The quantitative estimate of drug-likeness (QED) is 0.229. The summed E-state index contributed by atoms with van der Waals surface area (Å²) in [5, 5.41) is 0.